The average Bonchev–Trinajstić information content (AvgIpc) is 2.61. The number of amides is 1. The summed E-state index contributed by atoms with van der Waals surface area (Å²) in [5.41, 5.74) is 1.26. The Morgan fingerprint density at radius 1 is 1.00 bits per heavy atom. The molecule has 24 heavy (non-hydrogen) atoms. The minimum absolute atomic E-state index is 0.00346. The van der Waals surface area contributed by atoms with Gasteiger partial charge in [-0.3, -0.25) is 4.79 Å². The van der Waals surface area contributed by atoms with E-state index in [1.807, 2.05) is 48.5 Å². The van der Waals surface area contributed by atoms with Crippen LogP contribution >= 0.6 is 11.6 Å². The van der Waals surface area contributed by atoms with Crippen molar-refractivity contribution in [3.8, 4) is 6.07 Å². The van der Waals surface area contributed by atoms with Crippen molar-refractivity contribution in [3.05, 3.63) is 82.9 Å². The fourth-order valence-electron chi connectivity index (χ4n) is 2.36. The maximum atomic E-state index is 12.4. The summed E-state index contributed by atoms with van der Waals surface area (Å²) in [6, 6.07) is 22.5. The lowest BCUT2D eigenvalue weighted by Crippen LogP contribution is -2.13. The minimum Gasteiger partial charge on any atom is -0.321 e. The van der Waals surface area contributed by atoms with E-state index in [4.69, 9.17) is 11.6 Å². The summed E-state index contributed by atoms with van der Waals surface area (Å²) in [4.78, 5) is 12.4. The molecule has 0 saturated carbocycles. The van der Waals surface area contributed by atoms with Crippen LogP contribution in [0, 0.1) is 11.3 Å². The molecule has 0 radical (unpaired) electrons. The van der Waals surface area contributed by atoms with Gasteiger partial charge in [-0.15, -0.1) is 0 Å². The number of nitriles is 1. The molecule has 3 aromatic carbocycles. The van der Waals surface area contributed by atoms with Crippen LogP contribution in [0.3, 0.4) is 0 Å². The van der Waals surface area contributed by atoms with Gasteiger partial charge in [0.1, 0.15) is 11.6 Å². The van der Waals surface area contributed by atoms with Crippen LogP contribution < -0.4 is 5.32 Å². The second kappa shape index (κ2) is 6.99. The van der Waals surface area contributed by atoms with Gasteiger partial charge in [0.25, 0.3) is 5.91 Å². The van der Waals surface area contributed by atoms with Gasteiger partial charge >= 0.3 is 0 Å². The van der Waals surface area contributed by atoms with Gasteiger partial charge in [0.15, 0.2) is 0 Å². The molecule has 0 unspecified atom stereocenters. The first kappa shape index (κ1) is 15.8. The number of carbonyl (C=O) groups excluding carboxylic acids is 1. The summed E-state index contributed by atoms with van der Waals surface area (Å²) < 4.78 is 0. The largest absolute Gasteiger partial charge is 0.321 e. The molecule has 0 heterocycles. The van der Waals surface area contributed by atoms with Crippen LogP contribution in [0.5, 0.6) is 0 Å². The molecule has 0 aliphatic rings. The normalized spacial score (nSPS) is 11.1. The van der Waals surface area contributed by atoms with Gasteiger partial charge in [-0.25, -0.2) is 0 Å². The Balaban J connectivity index is 1.86. The molecule has 0 fully saturated rings. The van der Waals surface area contributed by atoms with Gasteiger partial charge in [-0.1, -0.05) is 60.1 Å². The van der Waals surface area contributed by atoms with Gasteiger partial charge < -0.3 is 5.32 Å². The predicted octanol–water partition coefficient (Wildman–Crippen LogP) is 5.04. The number of fused-ring (bicyclic) bond motifs is 1. The number of nitrogens with zero attached hydrogens (tertiary/aromatic N) is 1. The average molecular weight is 333 g/mol. The molecule has 0 aliphatic carbocycles. The van der Waals surface area contributed by atoms with Crippen molar-refractivity contribution in [1.29, 1.82) is 5.26 Å². The van der Waals surface area contributed by atoms with Crippen LogP contribution in [0.25, 0.3) is 16.8 Å². The molecule has 0 aliphatic heterocycles. The van der Waals surface area contributed by atoms with E-state index in [2.05, 4.69) is 5.32 Å². The summed E-state index contributed by atoms with van der Waals surface area (Å²) in [5, 5.41) is 14.6. The number of nitrogens with one attached hydrogen (secondary N) is 1. The van der Waals surface area contributed by atoms with E-state index in [-0.39, 0.29) is 5.57 Å². The summed E-state index contributed by atoms with van der Waals surface area (Å²) in [6.07, 6.45) is 1.48. The highest BCUT2D eigenvalue weighted by molar-refractivity contribution is 6.32. The highest BCUT2D eigenvalue weighted by Gasteiger charge is 2.10. The molecule has 4 heteroatoms. The van der Waals surface area contributed by atoms with Crippen LogP contribution in [0.4, 0.5) is 5.69 Å². The van der Waals surface area contributed by atoms with Crippen molar-refractivity contribution in [3.63, 3.8) is 0 Å². The molecule has 0 atom stereocenters. The van der Waals surface area contributed by atoms with E-state index < -0.39 is 5.91 Å². The maximum absolute atomic E-state index is 12.4. The van der Waals surface area contributed by atoms with Crippen LogP contribution in [0.1, 0.15) is 5.56 Å². The van der Waals surface area contributed by atoms with Gasteiger partial charge in [0.05, 0.1) is 0 Å². The predicted molar refractivity (Wildman–Crippen MR) is 97.6 cm³/mol. The van der Waals surface area contributed by atoms with Crippen molar-refractivity contribution in [2.45, 2.75) is 0 Å². The molecular formula is C20H13ClN2O. The van der Waals surface area contributed by atoms with E-state index in [1.165, 1.54) is 6.08 Å². The highest BCUT2D eigenvalue weighted by atomic mass is 35.5. The summed E-state index contributed by atoms with van der Waals surface area (Å²) >= 11 is 6.07. The number of halogens is 1. The second-order valence-corrected chi connectivity index (χ2v) is 5.61. The zero-order chi connectivity index (χ0) is 16.9. The number of anilines is 1. The Labute approximate surface area is 144 Å². The van der Waals surface area contributed by atoms with E-state index in [9.17, 15) is 10.1 Å². The lowest BCUT2D eigenvalue weighted by atomic mass is 10.1. The Morgan fingerprint density at radius 3 is 2.46 bits per heavy atom. The Bertz CT molecular complexity index is 986. The number of benzene rings is 3. The SMILES string of the molecule is N#C/C(=C\c1ccccc1Cl)C(=O)Nc1ccc2ccccc2c1. The lowest BCUT2D eigenvalue weighted by molar-refractivity contribution is -0.112. The lowest BCUT2D eigenvalue weighted by Gasteiger charge is -2.06. The molecule has 0 saturated heterocycles. The van der Waals surface area contributed by atoms with Gasteiger partial charge in [-0.2, -0.15) is 5.26 Å². The fourth-order valence-corrected chi connectivity index (χ4v) is 2.55. The van der Waals surface area contributed by atoms with E-state index in [0.29, 0.717) is 16.3 Å². The van der Waals surface area contributed by atoms with Crippen LogP contribution in [0.2, 0.25) is 5.02 Å². The standard InChI is InChI=1S/C20H13ClN2O/c21-19-8-4-3-7-16(19)11-17(13-22)20(24)23-18-10-9-14-5-1-2-6-15(14)12-18/h1-12H,(H,23,24)/b17-11+. The van der Waals surface area contributed by atoms with Crippen molar-refractivity contribution >= 4 is 40.0 Å². The Kier molecular flexibility index (Phi) is 4.60. The second-order valence-electron chi connectivity index (χ2n) is 5.21. The molecule has 3 aromatic rings. The smallest absolute Gasteiger partial charge is 0.266 e. The number of carbonyl (C=O) groups is 1. The zero-order valence-corrected chi connectivity index (χ0v) is 13.4. The summed E-state index contributed by atoms with van der Waals surface area (Å²) in [7, 11) is 0. The highest BCUT2D eigenvalue weighted by Crippen LogP contribution is 2.21. The number of hydrogen-bond donors (Lipinski definition) is 1. The van der Waals surface area contributed by atoms with Crippen molar-refractivity contribution in [1.82, 2.24) is 0 Å². The van der Waals surface area contributed by atoms with E-state index in [0.717, 1.165) is 10.8 Å². The minimum atomic E-state index is -0.465. The van der Waals surface area contributed by atoms with E-state index in [1.54, 1.807) is 24.3 Å². The molecule has 3 nitrogen and oxygen atoms in total. The molecule has 0 spiro atoms. The zero-order valence-electron chi connectivity index (χ0n) is 12.7. The molecule has 116 valence electrons. The van der Waals surface area contributed by atoms with Gasteiger partial charge in [-0.05, 0) is 40.6 Å². The molecule has 1 N–H and O–H groups in total. The van der Waals surface area contributed by atoms with Crippen LogP contribution in [-0.2, 0) is 4.79 Å². The van der Waals surface area contributed by atoms with Crippen molar-refractivity contribution < 1.29 is 4.79 Å². The van der Waals surface area contributed by atoms with Crippen molar-refractivity contribution in [2.75, 3.05) is 5.32 Å². The summed E-state index contributed by atoms with van der Waals surface area (Å²) in [6.45, 7) is 0. The third-order valence-electron chi connectivity index (χ3n) is 3.58. The molecule has 0 aromatic heterocycles. The first-order valence-corrected chi connectivity index (χ1v) is 7.71. The van der Waals surface area contributed by atoms with E-state index >= 15 is 0 Å². The molecule has 3 rings (SSSR count). The monoisotopic (exact) mass is 332 g/mol. The van der Waals surface area contributed by atoms with Gasteiger partial charge in [0.2, 0.25) is 0 Å². The first-order chi connectivity index (χ1) is 11.7. The topological polar surface area (TPSA) is 52.9 Å². The third kappa shape index (κ3) is 3.45. The first-order valence-electron chi connectivity index (χ1n) is 7.34. The Hall–Kier alpha value is -3.09. The van der Waals surface area contributed by atoms with Crippen LogP contribution in [0.15, 0.2) is 72.3 Å². The summed E-state index contributed by atoms with van der Waals surface area (Å²) in [5.74, 6) is -0.465. The third-order valence-corrected chi connectivity index (χ3v) is 3.92. The molecular weight excluding hydrogens is 320 g/mol. The molecule has 1 amide bonds. The fraction of sp³-hybridized carbons (Fsp3) is 0. The molecule has 0 bridgehead atoms. The van der Waals surface area contributed by atoms with Crippen LogP contribution in [-0.4, -0.2) is 5.91 Å². The quantitative estimate of drug-likeness (QED) is 0.539. The van der Waals surface area contributed by atoms with Crippen molar-refractivity contribution in [2.24, 2.45) is 0 Å². The Morgan fingerprint density at radius 2 is 1.71 bits per heavy atom. The number of rotatable bonds is 3. The number of hydrogen-bond acceptors (Lipinski definition) is 2. The maximum Gasteiger partial charge on any atom is 0.266 e. The van der Waals surface area contributed by atoms with Gasteiger partial charge in [0, 0.05) is 10.7 Å².